The molecule has 1 aromatic carbocycles. The zero-order valence-corrected chi connectivity index (χ0v) is 19.3. The van der Waals surface area contributed by atoms with Gasteiger partial charge in [-0.3, -0.25) is 9.78 Å². The average molecular weight is 459 g/mol. The quantitative estimate of drug-likeness (QED) is 0.412. The number of aryl methyl sites for hydroxylation is 1. The first-order valence-electron chi connectivity index (χ1n) is 11.2. The Morgan fingerprint density at radius 2 is 2.12 bits per heavy atom. The Bertz CT molecular complexity index is 1270. The lowest BCUT2D eigenvalue weighted by Crippen LogP contribution is -2.33. The van der Waals surface area contributed by atoms with E-state index in [-0.39, 0.29) is 5.91 Å². The van der Waals surface area contributed by atoms with Gasteiger partial charge in [0.2, 0.25) is 5.91 Å². The maximum atomic E-state index is 13.5. The molecule has 1 aliphatic heterocycles. The number of aromatic nitrogens is 3. The standard InChI is InChI=1S/C26H26N4O2S/c1-2-17-12-19(21-15-28-23-8-10-27-14-22(21)23)13-29-25(17)33-24(18-6-4-3-5-7-18)26(32)30-11-9-20(31)16-30/h3-8,10,12-15,20,24,28,31H,2,9,11,16H2,1H3/t20-,24?/m0/s1. The van der Waals surface area contributed by atoms with E-state index in [9.17, 15) is 9.90 Å². The number of nitrogens with zero attached hydrogens (tertiary/aromatic N) is 3. The second-order valence-corrected chi connectivity index (χ2v) is 9.39. The third kappa shape index (κ3) is 4.38. The number of hydrogen-bond acceptors (Lipinski definition) is 5. The van der Waals surface area contributed by atoms with Crippen LogP contribution >= 0.6 is 11.8 Å². The van der Waals surface area contributed by atoms with Crippen LogP contribution in [0.25, 0.3) is 22.0 Å². The van der Waals surface area contributed by atoms with E-state index in [1.165, 1.54) is 11.8 Å². The van der Waals surface area contributed by atoms with Crippen molar-refractivity contribution < 1.29 is 9.90 Å². The first-order chi connectivity index (χ1) is 16.1. The van der Waals surface area contributed by atoms with Crippen molar-refractivity contribution in [3.05, 3.63) is 78.4 Å². The van der Waals surface area contributed by atoms with Gasteiger partial charge in [-0.1, -0.05) is 49.0 Å². The van der Waals surface area contributed by atoms with Crippen LogP contribution in [-0.2, 0) is 11.2 Å². The molecule has 0 bridgehead atoms. The number of amides is 1. The van der Waals surface area contributed by atoms with Crippen molar-refractivity contribution >= 4 is 28.6 Å². The van der Waals surface area contributed by atoms with Gasteiger partial charge in [-0.05, 0) is 36.1 Å². The molecule has 0 aliphatic carbocycles. The molecule has 3 aromatic heterocycles. The number of β-amino-alcohol motifs (C(OH)–C–C–N with tert-alkyl or cyclic N) is 1. The van der Waals surface area contributed by atoms with Crippen LogP contribution in [0.3, 0.4) is 0 Å². The molecule has 1 aliphatic rings. The zero-order chi connectivity index (χ0) is 22.8. The molecule has 1 saturated heterocycles. The van der Waals surface area contributed by atoms with Gasteiger partial charge >= 0.3 is 0 Å². The van der Waals surface area contributed by atoms with Gasteiger partial charge in [0.05, 0.1) is 6.10 Å². The summed E-state index contributed by atoms with van der Waals surface area (Å²) in [6.07, 6.45) is 8.51. The fraction of sp³-hybridized carbons (Fsp3) is 0.269. The van der Waals surface area contributed by atoms with Crippen LogP contribution in [0, 0.1) is 0 Å². The van der Waals surface area contributed by atoms with Gasteiger partial charge in [0.15, 0.2) is 0 Å². The number of carbonyl (C=O) groups is 1. The lowest BCUT2D eigenvalue weighted by molar-refractivity contribution is -0.130. The monoisotopic (exact) mass is 458 g/mol. The predicted molar refractivity (Wildman–Crippen MR) is 131 cm³/mol. The Morgan fingerprint density at radius 1 is 1.27 bits per heavy atom. The number of rotatable bonds is 6. The highest BCUT2D eigenvalue weighted by Gasteiger charge is 2.32. The maximum Gasteiger partial charge on any atom is 0.240 e. The summed E-state index contributed by atoms with van der Waals surface area (Å²) in [4.78, 5) is 27.6. The summed E-state index contributed by atoms with van der Waals surface area (Å²) in [5.41, 5.74) is 5.19. The van der Waals surface area contributed by atoms with Crippen LogP contribution in [-0.4, -0.2) is 50.1 Å². The van der Waals surface area contributed by atoms with Crippen molar-refractivity contribution in [3.63, 3.8) is 0 Å². The molecule has 6 nitrogen and oxygen atoms in total. The Morgan fingerprint density at radius 3 is 2.88 bits per heavy atom. The molecular formula is C26H26N4O2S. The number of pyridine rings is 2. The number of hydrogen-bond donors (Lipinski definition) is 2. The van der Waals surface area contributed by atoms with Gasteiger partial charge in [0, 0.05) is 59.9 Å². The molecule has 33 heavy (non-hydrogen) atoms. The van der Waals surface area contributed by atoms with E-state index in [1.807, 2.05) is 55.0 Å². The molecule has 4 heterocycles. The van der Waals surface area contributed by atoms with Gasteiger partial charge in [-0.15, -0.1) is 0 Å². The Hall–Kier alpha value is -3.16. The zero-order valence-electron chi connectivity index (χ0n) is 18.4. The Balaban J connectivity index is 1.48. The second-order valence-electron chi connectivity index (χ2n) is 8.30. The minimum absolute atomic E-state index is 0.0263. The van der Waals surface area contributed by atoms with E-state index < -0.39 is 11.4 Å². The fourth-order valence-electron chi connectivity index (χ4n) is 4.31. The second kappa shape index (κ2) is 9.37. The molecule has 2 atom stereocenters. The highest BCUT2D eigenvalue weighted by atomic mass is 32.2. The molecule has 1 amide bonds. The predicted octanol–water partition coefficient (Wildman–Crippen LogP) is 4.61. The Kier molecular flexibility index (Phi) is 6.15. The molecule has 7 heteroatoms. The smallest absolute Gasteiger partial charge is 0.240 e. The topological polar surface area (TPSA) is 82.1 Å². The van der Waals surface area contributed by atoms with Gasteiger partial charge in [0.1, 0.15) is 10.3 Å². The lowest BCUT2D eigenvalue weighted by Gasteiger charge is -2.24. The van der Waals surface area contributed by atoms with Crippen molar-refractivity contribution in [1.29, 1.82) is 0 Å². The number of thioether (sulfide) groups is 1. The Labute approximate surface area is 197 Å². The number of fused-ring (bicyclic) bond motifs is 1. The number of aliphatic hydroxyl groups excluding tert-OH is 1. The summed E-state index contributed by atoms with van der Waals surface area (Å²) in [5.74, 6) is 0.0263. The number of carbonyl (C=O) groups excluding carboxylic acids is 1. The first kappa shape index (κ1) is 21.7. The van der Waals surface area contributed by atoms with Crippen molar-refractivity contribution in [2.75, 3.05) is 13.1 Å². The molecule has 1 fully saturated rings. The van der Waals surface area contributed by atoms with Crippen LogP contribution in [0.4, 0.5) is 0 Å². The van der Waals surface area contributed by atoms with E-state index in [0.29, 0.717) is 19.5 Å². The minimum Gasteiger partial charge on any atom is -0.391 e. The molecule has 1 unspecified atom stereocenters. The van der Waals surface area contributed by atoms with Crippen molar-refractivity contribution in [2.24, 2.45) is 0 Å². The third-order valence-corrected chi connectivity index (χ3v) is 7.43. The summed E-state index contributed by atoms with van der Waals surface area (Å²) in [6.45, 7) is 3.09. The van der Waals surface area contributed by atoms with Gasteiger partial charge < -0.3 is 15.0 Å². The first-order valence-corrected chi connectivity index (χ1v) is 12.1. The molecule has 168 valence electrons. The molecule has 0 radical (unpaired) electrons. The maximum absolute atomic E-state index is 13.5. The van der Waals surface area contributed by atoms with Gasteiger partial charge in [-0.2, -0.15) is 0 Å². The summed E-state index contributed by atoms with van der Waals surface area (Å²) in [6, 6.07) is 14.0. The van der Waals surface area contributed by atoms with Gasteiger partial charge in [0.25, 0.3) is 0 Å². The van der Waals surface area contributed by atoms with Gasteiger partial charge in [-0.25, -0.2) is 4.98 Å². The van der Waals surface area contributed by atoms with E-state index in [0.717, 1.165) is 44.6 Å². The van der Waals surface area contributed by atoms with E-state index >= 15 is 0 Å². The molecular weight excluding hydrogens is 432 g/mol. The van der Waals surface area contributed by atoms with Crippen LogP contribution in [0.15, 0.2) is 72.3 Å². The summed E-state index contributed by atoms with van der Waals surface area (Å²) in [5, 5.41) is 11.5. The summed E-state index contributed by atoms with van der Waals surface area (Å²) >= 11 is 1.49. The average Bonchev–Trinajstić information content (AvgIpc) is 3.49. The minimum atomic E-state index is -0.440. The van der Waals surface area contributed by atoms with Crippen LogP contribution in [0.1, 0.15) is 29.7 Å². The van der Waals surface area contributed by atoms with Crippen molar-refractivity contribution in [2.45, 2.75) is 36.1 Å². The fourth-order valence-corrected chi connectivity index (χ4v) is 5.55. The number of aromatic amines is 1. The summed E-state index contributed by atoms with van der Waals surface area (Å²) < 4.78 is 0. The third-order valence-electron chi connectivity index (χ3n) is 6.13. The molecule has 4 aromatic rings. The normalized spacial score (nSPS) is 16.9. The van der Waals surface area contributed by atoms with Crippen LogP contribution < -0.4 is 0 Å². The molecule has 0 spiro atoms. The number of nitrogens with one attached hydrogen (secondary N) is 1. The molecule has 5 rings (SSSR count). The highest BCUT2D eigenvalue weighted by molar-refractivity contribution is 8.00. The lowest BCUT2D eigenvalue weighted by atomic mass is 10.1. The number of H-pyrrole nitrogens is 1. The SMILES string of the molecule is CCc1cc(-c2c[nH]c3ccncc23)cnc1SC(C(=O)N1CC[C@H](O)C1)c1ccccc1. The van der Waals surface area contributed by atoms with E-state index in [2.05, 4.69) is 23.0 Å². The molecule has 2 N–H and O–H groups in total. The number of aliphatic hydroxyl groups is 1. The van der Waals surface area contributed by atoms with Crippen LogP contribution in [0.5, 0.6) is 0 Å². The number of benzene rings is 1. The largest absolute Gasteiger partial charge is 0.391 e. The van der Waals surface area contributed by atoms with Crippen molar-refractivity contribution in [3.8, 4) is 11.1 Å². The van der Waals surface area contributed by atoms with Crippen LogP contribution in [0.2, 0.25) is 0 Å². The number of likely N-dealkylation sites (tertiary alicyclic amines) is 1. The highest BCUT2D eigenvalue weighted by Crippen LogP contribution is 2.39. The molecule has 0 saturated carbocycles. The van der Waals surface area contributed by atoms with E-state index in [1.54, 1.807) is 11.1 Å². The van der Waals surface area contributed by atoms with Crippen molar-refractivity contribution in [1.82, 2.24) is 19.9 Å². The summed E-state index contributed by atoms with van der Waals surface area (Å²) in [7, 11) is 0. The van der Waals surface area contributed by atoms with E-state index in [4.69, 9.17) is 4.98 Å².